The van der Waals surface area contributed by atoms with Crippen molar-refractivity contribution in [2.45, 2.75) is 18.9 Å². The molecule has 1 aliphatic rings. The Bertz CT molecular complexity index is 674. The zero-order chi connectivity index (χ0) is 15.5. The number of halogens is 1. The van der Waals surface area contributed by atoms with Gasteiger partial charge in [-0.05, 0) is 42.0 Å². The highest BCUT2D eigenvalue weighted by molar-refractivity contribution is 7.15. The first-order chi connectivity index (χ1) is 10.7. The van der Waals surface area contributed by atoms with Crippen molar-refractivity contribution in [1.82, 2.24) is 4.90 Å². The maximum absolute atomic E-state index is 12.5. The number of benzene rings is 1. The Balaban J connectivity index is 1.77. The van der Waals surface area contributed by atoms with Gasteiger partial charge in [0, 0.05) is 6.54 Å². The number of amides is 2. The van der Waals surface area contributed by atoms with Crippen LogP contribution < -0.4 is 10.1 Å². The van der Waals surface area contributed by atoms with Gasteiger partial charge in [0.05, 0.1) is 18.8 Å². The summed E-state index contributed by atoms with van der Waals surface area (Å²) in [5.74, 6) is 0.811. The number of carbonyl (C=O) groups excluding carboxylic acids is 1. The summed E-state index contributed by atoms with van der Waals surface area (Å²) >= 11 is 7.46. The van der Waals surface area contributed by atoms with Gasteiger partial charge >= 0.3 is 6.03 Å². The fourth-order valence-electron chi connectivity index (χ4n) is 2.77. The standard InChI is InChI=1S/C16H17ClN2O2S/c1-21-12-5-2-4-11(10-12)14-6-3-8-19(14)16(20)18-13-7-9-22-15(13)17/h2,4-5,7,9-10,14H,3,6,8H2,1H3,(H,18,20)/t14-/m1/s1. The molecule has 2 amide bonds. The Hall–Kier alpha value is -1.72. The highest BCUT2D eigenvalue weighted by atomic mass is 35.5. The first-order valence-electron chi connectivity index (χ1n) is 7.13. The summed E-state index contributed by atoms with van der Waals surface area (Å²) in [6.07, 6.45) is 1.95. The molecule has 1 fully saturated rings. The summed E-state index contributed by atoms with van der Waals surface area (Å²) < 4.78 is 5.88. The van der Waals surface area contributed by atoms with Crippen molar-refractivity contribution in [1.29, 1.82) is 0 Å². The van der Waals surface area contributed by atoms with Crippen molar-refractivity contribution in [3.8, 4) is 5.75 Å². The number of ether oxygens (including phenoxy) is 1. The molecule has 0 unspecified atom stereocenters. The predicted octanol–water partition coefficient (Wildman–Crippen LogP) is 4.78. The van der Waals surface area contributed by atoms with E-state index in [2.05, 4.69) is 5.32 Å². The first-order valence-corrected chi connectivity index (χ1v) is 8.39. The summed E-state index contributed by atoms with van der Waals surface area (Å²) in [5, 5.41) is 4.76. The van der Waals surface area contributed by atoms with Gasteiger partial charge in [-0.3, -0.25) is 0 Å². The summed E-state index contributed by atoms with van der Waals surface area (Å²) in [6, 6.07) is 9.69. The Kier molecular flexibility index (Phi) is 4.55. The SMILES string of the molecule is COc1cccc([C@H]2CCCN2C(=O)Nc2ccsc2Cl)c1. The average molecular weight is 337 g/mol. The van der Waals surface area contributed by atoms with Crippen molar-refractivity contribution < 1.29 is 9.53 Å². The summed E-state index contributed by atoms with van der Waals surface area (Å²) in [6.45, 7) is 0.746. The predicted molar refractivity (Wildman–Crippen MR) is 90.0 cm³/mol. The number of urea groups is 1. The number of methoxy groups -OCH3 is 1. The zero-order valence-electron chi connectivity index (χ0n) is 12.2. The van der Waals surface area contributed by atoms with Gasteiger partial charge in [0.2, 0.25) is 0 Å². The van der Waals surface area contributed by atoms with Crippen molar-refractivity contribution in [3.05, 3.63) is 45.6 Å². The monoisotopic (exact) mass is 336 g/mol. The van der Waals surface area contributed by atoms with Gasteiger partial charge in [0.1, 0.15) is 10.1 Å². The van der Waals surface area contributed by atoms with Crippen LogP contribution in [0.3, 0.4) is 0 Å². The van der Waals surface area contributed by atoms with E-state index >= 15 is 0 Å². The number of hydrogen-bond acceptors (Lipinski definition) is 3. The minimum atomic E-state index is -0.106. The lowest BCUT2D eigenvalue weighted by atomic mass is 10.0. The van der Waals surface area contributed by atoms with Crippen LogP contribution in [0.1, 0.15) is 24.4 Å². The second kappa shape index (κ2) is 6.58. The number of carbonyl (C=O) groups is 1. The van der Waals surface area contributed by atoms with Crippen LogP contribution in [0, 0.1) is 0 Å². The number of anilines is 1. The van der Waals surface area contributed by atoms with Crippen molar-refractivity contribution in [3.63, 3.8) is 0 Å². The van der Waals surface area contributed by atoms with Gasteiger partial charge in [-0.1, -0.05) is 23.7 Å². The number of nitrogens with one attached hydrogen (secondary N) is 1. The van der Waals surface area contributed by atoms with Crippen LogP contribution in [0.25, 0.3) is 0 Å². The minimum Gasteiger partial charge on any atom is -0.497 e. The zero-order valence-corrected chi connectivity index (χ0v) is 13.8. The maximum atomic E-state index is 12.5. The summed E-state index contributed by atoms with van der Waals surface area (Å²) in [5.41, 5.74) is 1.77. The van der Waals surface area contributed by atoms with E-state index in [1.165, 1.54) is 11.3 Å². The van der Waals surface area contributed by atoms with Crippen LogP contribution in [0.2, 0.25) is 4.34 Å². The Morgan fingerprint density at radius 1 is 1.45 bits per heavy atom. The molecule has 1 aromatic carbocycles. The fourth-order valence-corrected chi connectivity index (χ4v) is 3.61. The molecule has 0 radical (unpaired) electrons. The Labute approximate surface area is 138 Å². The molecule has 22 heavy (non-hydrogen) atoms. The lowest BCUT2D eigenvalue weighted by molar-refractivity contribution is 0.207. The largest absolute Gasteiger partial charge is 0.497 e. The molecule has 1 aromatic heterocycles. The maximum Gasteiger partial charge on any atom is 0.322 e. The van der Waals surface area contributed by atoms with E-state index in [0.29, 0.717) is 10.0 Å². The van der Waals surface area contributed by atoms with Gasteiger partial charge in [-0.2, -0.15) is 0 Å². The van der Waals surface area contributed by atoms with Gasteiger partial charge in [0.25, 0.3) is 0 Å². The van der Waals surface area contributed by atoms with Crippen molar-refractivity contribution >= 4 is 34.7 Å². The van der Waals surface area contributed by atoms with Crippen molar-refractivity contribution in [2.24, 2.45) is 0 Å². The molecule has 4 nitrogen and oxygen atoms in total. The third-order valence-corrected chi connectivity index (χ3v) is 5.02. The van der Waals surface area contributed by atoms with Crippen LogP contribution in [0.15, 0.2) is 35.7 Å². The number of likely N-dealkylation sites (tertiary alicyclic amines) is 1. The Morgan fingerprint density at radius 3 is 3.05 bits per heavy atom. The molecule has 1 saturated heterocycles. The van der Waals surface area contributed by atoms with E-state index in [0.717, 1.165) is 30.7 Å². The molecule has 2 aromatic rings. The van der Waals surface area contributed by atoms with E-state index in [4.69, 9.17) is 16.3 Å². The van der Waals surface area contributed by atoms with Crippen molar-refractivity contribution in [2.75, 3.05) is 19.0 Å². The molecule has 0 bridgehead atoms. The normalized spacial score (nSPS) is 17.5. The van der Waals surface area contributed by atoms with E-state index in [1.54, 1.807) is 7.11 Å². The molecule has 0 saturated carbocycles. The van der Waals surface area contributed by atoms with Gasteiger partial charge in [-0.25, -0.2) is 4.79 Å². The Morgan fingerprint density at radius 2 is 2.32 bits per heavy atom. The van der Waals surface area contributed by atoms with E-state index < -0.39 is 0 Å². The minimum absolute atomic E-state index is 0.0764. The molecule has 1 N–H and O–H groups in total. The molecule has 1 atom stereocenters. The molecular weight excluding hydrogens is 320 g/mol. The fraction of sp³-hybridized carbons (Fsp3) is 0.312. The van der Waals surface area contributed by atoms with Crippen LogP contribution in [-0.2, 0) is 0 Å². The first kappa shape index (κ1) is 15.2. The quantitative estimate of drug-likeness (QED) is 0.876. The highest BCUT2D eigenvalue weighted by Crippen LogP contribution is 2.35. The number of hydrogen-bond donors (Lipinski definition) is 1. The molecule has 2 heterocycles. The number of nitrogens with zero attached hydrogens (tertiary/aromatic N) is 1. The third-order valence-electron chi connectivity index (χ3n) is 3.85. The van der Waals surface area contributed by atoms with Gasteiger partial charge in [0.15, 0.2) is 0 Å². The smallest absolute Gasteiger partial charge is 0.322 e. The number of rotatable bonds is 3. The van der Waals surface area contributed by atoms with E-state index in [-0.39, 0.29) is 12.1 Å². The third kappa shape index (κ3) is 3.05. The molecule has 6 heteroatoms. The van der Waals surface area contributed by atoms with Crippen LogP contribution in [0.4, 0.5) is 10.5 Å². The summed E-state index contributed by atoms with van der Waals surface area (Å²) in [4.78, 5) is 14.4. The lowest BCUT2D eigenvalue weighted by Crippen LogP contribution is -2.34. The van der Waals surface area contributed by atoms with E-state index in [9.17, 15) is 4.79 Å². The molecule has 0 aliphatic carbocycles. The van der Waals surface area contributed by atoms with Crippen LogP contribution in [0.5, 0.6) is 5.75 Å². The van der Waals surface area contributed by atoms with Gasteiger partial charge in [-0.15, -0.1) is 11.3 Å². The molecule has 3 rings (SSSR count). The second-order valence-electron chi connectivity index (χ2n) is 5.17. The highest BCUT2D eigenvalue weighted by Gasteiger charge is 2.30. The second-order valence-corrected chi connectivity index (χ2v) is 6.68. The number of thiophene rings is 1. The lowest BCUT2D eigenvalue weighted by Gasteiger charge is -2.25. The molecular formula is C16H17ClN2O2S. The van der Waals surface area contributed by atoms with Gasteiger partial charge < -0.3 is 15.0 Å². The molecule has 0 spiro atoms. The van der Waals surface area contributed by atoms with Crippen LogP contribution >= 0.6 is 22.9 Å². The molecule has 116 valence electrons. The van der Waals surface area contributed by atoms with E-state index in [1.807, 2.05) is 40.6 Å². The molecule has 1 aliphatic heterocycles. The summed E-state index contributed by atoms with van der Waals surface area (Å²) in [7, 11) is 1.65. The van der Waals surface area contributed by atoms with Crippen LogP contribution in [-0.4, -0.2) is 24.6 Å². The average Bonchev–Trinajstić information content (AvgIpc) is 3.17. The topological polar surface area (TPSA) is 41.6 Å².